The molecule has 4 aromatic rings. The van der Waals surface area contributed by atoms with Gasteiger partial charge in [-0.25, -0.2) is 9.97 Å². The molecule has 3 aliphatic rings. The van der Waals surface area contributed by atoms with Gasteiger partial charge in [-0.3, -0.25) is 43.8 Å². The molecular formula is C44H46F3N9O9. The molecule has 7 rings (SSSR count). The van der Waals surface area contributed by atoms with E-state index in [1.807, 2.05) is 4.57 Å². The highest BCUT2D eigenvalue weighted by Gasteiger charge is 2.45. The molecule has 7 amide bonds. The van der Waals surface area contributed by atoms with E-state index in [2.05, 4.69) is 30.7 Å². The Kier molecular flexibility index (Phi) is 14.1. The fourth-order valence-electron chi connectivity index (χ4n) is 7.84. The molecule has 0 spiro atoms. The van der Waals surface area contributed by atoms with Crippen LogP contribution in [0.25, 0.3) is 11.3 Å². The number of halogens is 3. The second-order valence-corrected chi connectivity index (χ2v) is 15.8. The lowest BCUT2D eigenvalue weighted by molar-refractivity contribution is -0.274. The van der Waals surface area contributed by atoms with Crippen molar-refractivity contribution in [2.45, 2.75) is 82.8 Å². The number of anilines is 1. The first kappa shape index (κ1) is 45.7. The molecule has 0 aliphatic carbocycles. The number of hydrogen-bond acceptors (Lipinski definition) is 12. The van der Waals surface area contributed by atoms with Crippen molar-refractivity contribution in [1.82, 2.24) is 35.0 Å². The average Bonchev–Trinajstić information content (AvgIpc) is 3.84. The van der Waals surface area contributed by atoms with Gasteiger partial charge in [0, 0.05) is 82.1 Å². The Morgan fingerprint density at radius 1 is 0.923 bits per heavy atom. The maximum absolute atomic E-state index is 13.3. The number of imidazole rings is 1. The molecule has 3 aliphatic heterocycles. The number of imide groups is 2. The number of unbranched alkanes of at least 4 members (excludes halogenated alkanes) is 1. The van der Waals surface area contributed by atoms with E-state index in [0.717, 1.165) is 17.0 Å². The van der Waals surface area contributed by atoms with Crippen LogP contribution in [0.4, 0.5) is 18.9 Å². The predicted molar refractivity (Wildman–Crippen MR) is 224 cm³/mol. The van der Waals surface area contributed by atoms with Gasteiger partial charge in [-0.2, -0.15) is 0 Å². The molecule has 65 heavy (non-hydrogen) atoms. The first-order valence-corrected chi connectivity index (χ1v) is 21.1. The fourth-order valence-corrected chi connectivity index (χ4v) is 7.84. The van der Waals surface area contributed by atoms with Gasteiger partial charge >= 0.3 is 6.36 Å². The SMILES string of the molecule is NC(=O)c1cc(-c2cn(CCCC(=O)NCCCCNc3cccc4c3C(=O)N(C3CCC(=O)NC3=O)C4=O)cn2)cnc1OC1CCN(C(=O)Cc2ccc(OC(F)(F)F)cc2)CC1. The Labute approximate surface area is 370 Å². The number of primary amides is 1. The fraction of sp³-hybridized carbons (Fsp3) is 0.386. The minimum absolute atomic E-state index is 0.00830. The Hall–Kier alpha value is -7.32. The van der Waals surface area contributed by atoms with Crippen molar-refractivity contribution < 1.29 is 56.2 Å². The molecule has 2 aromatic heterocycles. The van der Waals surface area contributed by atoms with Crippen molar-refractivity contribution in [3.63, 3.8) is 0 Å². The molecule has 1 atom stereocenters. The van der Waals surface area contributed by atoms with Crippen molar-refractivity contribution >= 4 is 47.0 Å². The first-order valence-electron chi connectivity index (χ1n) is 21.1. The topological polar surface area (TPSA) is 237 Å². The minimum atomic E-state index is -4.80. The highest BCUT2D eigenvalue weighted by molar-refractivity contribution is 6.25. The van der Waals surface area contributed by atoms with E-state index >= 15 is 0 Å². The number of nitrogens with zero attached hydrogens (tertiary/aromatic N) is 5. The molecule has 0 bridgehead atoms. The normalized spacial score (nSPS) is 16.6. The smallest absolute Gasteiger partial charge is 0.474 e. The Bertz CT molecular complexity index is 2470. The van der Waals surface area contributed by atoms with Gasteiger partial charge in [0.1, 0.15) is 23.5 Å². The number of ether oxygens (including phenoxy) is 2. The number of pyridine rings is 1. The maximum Gasteiger partial charge on any atom is 0.573 e. The molecule has 21 heteroatoms. The summed E-state index contributed by atoms with van der Waals surface area (Å²) in [7, 11) is 0. The third kappa shape index (κ3) is 11.4. The van der Waals surface area contributed by atoms with E-state index in [9.17, 15) is 46.7 Å². The second kappa shape index (κ2) is 20.0. The van der Waals surface area contributed by atoms with E-state index in [-0.39, 0.29) is 71.9 Å². The van der Waals surface area contributed by atoms with Crippen LogP contribution in [0.15, 0.2) is 67.3 Å². The molecule has 2 aromatic carbocycles. The summed E-state index contributed by atoms with van der Waals surface area (Å²) in [6.45, 7) is 2.13. The summed E-state index contributed by atoms with van der Waals surface area (Å²) >= 11 is 0. The van der Waals surface area contributed by atoms with Gasteiger partial charge in [0.25, 0.3) is 17.7 Å². The number of carbonyl (C=O) groups excluding carboxylic acids is 7. The Balaban J connectivity index is 0.801. The van der Waals surface area contributed by atoms with Crippen LogP contribution < -0.4 is 31.2 Å². The van der Waals surface area contributed by atoms with Gasteiger partial charge in [-0.05, 0) is 61.6 Å². The van der Waals surface area contributed by atoms with Crippen molar-refractivity contribution in [2.24, 2.45) is 5.73 Å². The number of nitrogens with one attached hydrogen (secondary N) is 3. The number of rotatable bonds is 18. The summed E-state index contributed by atoms with van der Waals surface area (Å²) in [6.07, 6.45) is 2.86. The number of piperidine rings is 2. The molecule has 0 saturated carbocycles. The van der Waals surface area contributed by atoms with Crippen LogP contribution in [-0.2, 0) is 32.1 Å². The number of benzene rings is 2. The third-order valence-corrected chi connectivity index (χ3v) is 11.2. The molecular weight excluding hydrogens is 856 g/mol. The summed E-state index contributed by atoms with van der Waals surface area (Å²) in [4.78, 5) is 99.6. The lowest BCUT2D eigenvalue weighted by atomic mass is 10.0. The standard InChI is InChI=1S/C44H46F3N9O9/c45-44(46,47)65-29-10-8-26(9-11-29)21-37(59)55-19-14-28(15-20-55)64-41-31(39(48)60)22-27(23-51-41)33-24-54(25-52-33)18-4-7-35(57)50-17-2-1-16-49-32-6-3-5-30-38(32)43(63)56(42(30)62)34-12-13-36(58)53-40(34)61/h3,5-6,8-11,22-25,28,34,49H,1-2,4,7,12-21H2,(H2,48,60)(H,50,57)(H,53,58,61). The number of hydrogen-bond donors (Lipinski definition) is 4. The van der Waals surface area contributed by atoms with E-state index in [1.54, 1.807) is 35.6 Å². The van der Waals surface area contributed by atoms with Crippen molar-refractivity contribution in [3.05, 3.63) is 89.5 Å². The molecule has 2 fully saturated rings. The van der Waals surface area contributed by atoms with E-state index in [0.29, 0.717) is 87.3 Å². The highest BCUT2D eigenvalue weighted by atomic mass is 19.4. The molecule has 5 heterocycles. The van der Waals surface area contributed by atoms with Gasteiger partial charge in [0.05, 0.1) is 29.6 Å². The number of alkyl halides is 3. The summed E-state index contributed by atoms with van der Waals surface area (Å²) in [5.41, 5.74) is 8.21. The molecule has 5 N–H and O–H groups in total. The first-order chi connectivity index (χ1) is 31.1. The number of nitrogens with two attached hydrogens (primary N) is 1. The van der Waals surface area contributed by atoms with Crippen molar-refractivity contribution in [2.75, 3.05) is 31.5 Å². The van der Waals surface area contributed by atoms with Crippen LogP contribution in [-0.4, -0.2) is 110 Å². The zero-order chi connectivity index (χ0) is 46.3. The third-order valence-electron chi connectivity index (χ3n) is 11.2. The van der Waals surface area contributed by atoms with Gasteiger partial charge in [-0.15, -0.1) is 13.2 Å². The molecule has 342 valence electrons. The van der Waals surface area contributed by atoms with Crippen LogP contribution in [0.2, 0.25) is 0 Å². The lowest BCUT2D eigenvalue weighted by Gasteiger charge is -2.32. The molecule has 2 saturated heterocycles. The van der Waals surface area contributed by atoms with Gasteiger partial charge in [0.15, 0.2) is 0 Å². The Morgan fingerprint density at radius 3 is 2.40 bits per heavy atom. The van der Waals surface area contributed by atoms with Crippen LogP contribution in [0.5, 0.6) is 11.6 Å². The van der Waals surface area contributed by atoms with E-state index in [1.165, 1.54) is 24.4 Å². The summed E-state index contributed by atoms with van der Waals surface area (Å²) in [6, 6.07) is 10.5. The number of carbonyl (C=O) groups is 7. The largest absolute Gasteiger partial charge is 0.573 e. The molecule has 0 radical (unpaired) electrons. The number of amides is 7. The summed E-state index contributed by atoms with van der Waals surface area (Å²) < 4.78 is 49.1. The number of aryl methyl sites for hydroxylation is 1. The molecule has 1 unspecified atom stereocenters. The van der Waals surface area contributed by atoms with Gasteiger partial charge in [-0.1, -0.05) is 18.2 Å². The number of likely N-dealkylation sites (tertiary alicyclic amines) is 1. The Morgan fingerprint density at radius 2 is 1.68 bits per heavy atom. The predicted octanol–water partition coefficient (Wildman–Crippen LogP) is 3.75. The van der Waals surface area contributed by atoms with Gasteiger partial charge < -0.3 is 35.3 Å². The maximum atomic E-state index is 13.3. The monoisotopic (exact) mass is 901 g/mol. The van der Waals surface area contributed by atoms with Crippen LogP contribution in [0, 0.1) is 0 Å². The second-order valence-electron chi connectivity index (χ2n) is 15.8. The van der Waals surface area contributed by atoms with E-state index in [4.69, 9.17) is 10.5 Å². The van der Waals surface area contributed by atoms with Crippen molar-refractivity contribution in [3.8, 4) is 22.9 Å². The zero-order valence-electron chi connectivity index (χ0n) is 35.0. The summed E-state index contributed by atoms with van der Waals surface area (Å²) in [5, 5.41) is 8.29. The lowest BCUT2D eigenvalue weighted by Crippen LogP contribution is -2.54. The minimum Gasteiger partial charge on any atom is -0.474 e. The summed E-state index contributed by atoms with van der Waals surface area (Å²) in [5.74, 6) is -3.64. The zero-order valence-corrected chi connectivity index (χ0v) is 35.0. The van der Waals surface area contributed by atoms with Gasteiger partial charge in [0.2, 0.25) is 29.5 Å². The highest BCUT2D eigenvalue weighted by Crippen LogP contribution is 2.33. The van der Waals surface area contributed by atoms with Crippen LogP contribution in [0.3, 0.4) is 0 Å². The van der Waals surface area contributed by atoms with Crippen LogP contribution in [0.1, 0.15) is 88.0 Å². The number of fused-ring (bicyclic) bond motifs is 1. The average molecular weight is 902 g/mol. The van der Waals surface area contributed by atoms with Crippen molar-refractivity contribution in [1.29, 1.82) is 0 Å². The number of aromatic nitrogens is 3. The van der Waals surface area contributed by atoms with Crippen LogP contribution >= 0.6 is 0 Å². The quantitative estimate of drug-likeness (QED) is 0.0826. The molecule has 18 nitrogen and oxygen atoms in total. The van der Waals surface area contributed by atoms with E-state index < -0.39 is 41.9 Å².